The van der Waals surface area contributed by atoms with Gasteiger partial charge in [0.05, 0.1) is 28.9 Å². The van der Waals surface area contributed by atoms with Crippen molar-refractivity contribution < 1.29 is 16.8 Å². The number of nitrogens with two attached hydrogens (primary N) is 1. The highest BCUT2D eigenvalue weighted by molar-refractivity contribution is 7.91. The minimum Gasteiger partial charge on any atom is -0.382 e. The number of nitrogens with zero attached hydrogens (tertiary/aromatic N) is 4. The molecule has 3 aromatic heterocycles. The molecule has 0 bridgehead atoms. The summed E-state index contributed by atoms with van der Waals surface area (Å²) in [4.78, 5) is 9.12. The van der Waals surface area contributed by atoms with Crippen LogP contribution in [0.2, 0.25) is 0 Å². The third-order valence-electron chi connectivity index (χ3n) is 5.88. The Kier molecular flexibility index (Phi) is 4.71. The predicted octanol–water partition coefficient (Wildman–Crippen LogP) is 2.22. The molecule has 1 aromatic carbocycles. The van der Waals surface area contributed by atoms with Crippen molar-refractivity contribution >= 4 is 42.0 Å². The minimum absolute atomic E-state index is 0.00561. The van der Waals surface area contributed by atoms with Gasteiger partial charge >= 0.3 is 0 Å². The van der Waals surface area contributed by atoms with Crippen LogP contribution >= 0.6 is 0 Å². The van der Waals surface area contributed by atoms with Gasteiger partial charge in [0.2, 0.25) is 0 Å². The lowest BCUT2D eigenvalue weighted by atomic mass is 9.98. The van der Waals surface area contributed by atoms with Crippen LogP contribution in [0.25, 0.3) is 27.7 Å². The number of fused-ring (bicyclic) bond motifs is 2. The van der Waals surface area contributed by atoms with Crippen LogP contribution < -0.4 is 5.73 Å². The summed E-state index contributed by atoms with van der Waals surface area (Å²) in [6.07, 6.45) is 4.98. The molecule has 166 valence electrons. The number of hydrogen-bond donors (Lipinski definition) is 1. The number of pyridine rings is 1. The van der Waals surface area contributed by atoms with E-state index in [2.05, 4.69) is 10.1 Å². The average Bonchev–Trinajstić information content (AvgIpc) is 3.17. The summed E-state index contributed by atoms with van der Waals surface area (Å²) in [6.45, 7) is 0. The minimum atomic E-state index is -3.73. The number of anilines is 1. The molecule has 0 spiro atoms. The van der Waals surface area contributed by atoms with E-state index in [0.29, 0.717) is 29.7 Å². The SMILES string of the molecule is CS(=O)(=O)c1c(C2CCS(=O)(=O)CC2)nc2c(-c3cnc4ccccc4c3)cnn2c1N. The summed E-state index contributed by atoms with van der Waals surface area (Å²) in [7, 11) is -6.85. The number of para-hydroxylation sites is 1. The lowest BCUT2D eigenvalue weighted by molar-refractivity contribution is 0.537. The van der Waals surface area contributed by atoms with Gasteiger partial charge in [-0.05, 0) is 25.0 Å². The third kappa shape index (κ3) is 3.51. The van der Waals surface area contributed by atoms with E-state index in [9.17, 15) is 16.8 Å². The van der Waals surface area contributed by atoms with Crippen molar-refractivity contribution in [1.82, 2.24) is 19.6 Å². The Bertz CT molecular complexity index is 1580. The molecule has 32 heavy (non-hydrogen) atoms. The molecule has 1 fully saturated rings. The molecule has 11 heteroatoms. The summed E-state index contributed by atoms with van der Waals surface area (Å²) >= 11 is 0. The molecule has 0 aliphatic carbocycles. The second-order valence-electron chi connectivity index (χ2n) is 8.12. The molecule has 0 amide bonds. The Morgan fingerprint density at radius 1 is 1.12 bits per heavy atom. The molecule has 0 unspecified atom stereocenters. The highest BCUT2D eigenvalue weighted by atomic mass is 32.2. The zero-order valence-electron chi connectivity index (χ0n) is 17.3. The van der Waals surface area contributed by atoms with Crippen molar-refractivity contribution in [2.45, 2.75) is 23.7 Å². The number of aromatic nitrogens is 4. The second-order valence-corrected chi connectivity index (χ2v) is 12.4. The summed E-state index contributed by atoms with van der Waals surface area (Å²) in [5.74, 6) is -0.364. The standard InChI is InChI=1S/C21H21N5O4S2/c1-31(27,28)19-18(13-6-8-32(29,30)9-7-13)25-21-16(12-24-26(21)20(19)22)15-10-14-4-2-3-5-17(14)23-11-15/h2-5,10-13H,6-9,22H2,1H3. The molecule has 1 aliphatic rings. The van der Waals surface area contributed by atoms with Gasteiger partial charge in [0.1, 0.15) is 20.6 Å². The Hall–Kier alpha value is -3.05. The lowest BCUT2D eigenvalue weighted by Gasteiger charge is -2.24. The Labute approximate surface area is 185 Å². The van der Waals surface area contributed by atoms with E-state index in [-0.39, 0.29) is 28.1 Å². The average molecular weight is 472 g/mol. The highest BCUT2D eigenvalue weighted by Gasteiger charge is 2.32. The molecule has 4 aromatic rings. The molecule has 1 aliphatic heterocycles. The third-order valence-corrected chi connectivity index (χ3v) is 8.75. The van der Waals surface area contributed by atoms with Crippen LogP contribution in [-0.2, 0) is 19.7 Å². The number of hydrogen-bond acceptors (Lipinski definition) is 8. The van der Waals surface area contributed by atoms with Crippen LogP contribution in [0, 0.1) is 0 Å². The van der Waals surface area contributed by atoms with Gasteiger partial charge in [0.25, 0.3) is 0 Å². The Morgan fingerprint density at radius 3 is 2.56 bits per heavy atom. The quantitative estimate of drug-likeness (QED) is 0.480. The van der Waals surface area contributed by atoms with Crippen LogP contribution in [-0.4, -0.2) is 54.2 Å². The fourth-order valence-electron chi connectivity index (χ4n) is 4.26. The molecule has 0 saturated carbocycles. The maximum Gasteiger partial charge on any atom is 0.180 e. The predicted molar refractivity (Wildman–Crippen MR) is 122 cm³/mol. The molecule has 9 nitrogen and oxygen atoms in total. The maximum absolute atomic E-state index is 12.6. The van der Waals surface area contributed by atoms with Crippen molar-refractivity contribution in [2.24, 2.45) is 0 Å². The van der Waals surface area contributed by atoms with Gasteiger partial charge in [-0.15, -0.1) is 0 Å². The van der Waals surface area contributed by atoms with Crippen LogP contribution in [0.3, 0.4) is 0 Å². The summed E-state index contributed by atoms with van der Waals surface area (Å²) < 4.78 is 50.4. The van der Waals surface area contributed by atoms with Crippen LogP contribution in [0.1, 0.15) is 24.5 Å². The number of rotatable bonds is 3. The highest BCUT2D eigenvalue weighted by Crippen LogP contribution is 2.37. The zero-order chi connectivity index (χ0) is 22.7. The Morgan fingerprint density at radius 2 is 1.84 bits per heavy atom. The number of sulfone groups is 2. The fourth-order valence-corrected chi connectivity index (χ4v) is 6.81. The normalized spacial score (nSPS) is 17.2. The van der Waals surface area contributed by atoms with E-state index in [4.69, 9.17) is 10.7 Å². The van der Waals surface area contributed by atoms with Gasteiger partial charge in [-0.3, -0.25) is 4.98 Å². The Balaban J connectivity index is 1.73. The van der Waals surface area contributed by atoms with E-state index in [1.807, 2.05) is 30.3 Å². The molecular weight excluding hydrogens is 450 g/mol. The van der Waals surface area contributed by atoms with Gasteiger partial charge in [0.15, 0.2) is 15.5 Å². The largest absolute Gasteiger partial charge is 0.382 e. The summed E-state index contributed by atoms with van der Waals surface area (Å²) in [5.41, 5.74) is 9.31. The molecule has 1 saturated heterocycles. The molecular formula is C21H21N5O4S2. The number of benzene rings is 1. The van der Waals surface area contributed by atoms with Crippen LogP contribution in [0.15, 0.2) is 47.6 Å². The van der Waals surface area contributed by atoms with E-state index in [0.717, 1.165) is 22.7 Å². The van der Waals surface area contributed by atoms with Crippen molar-refractivity contribution in [3.05, 3.63) is 48.4 Å². The van der Waals surface area contributed by atoms with Crippen molar-refractivity contribution in [3.63, 3.8) is 0 Å². The summed E-state index contributed by atoms with van der Waals surface area (Å²) in [5, 5.41) is 5.25. The molecule has 0 atom stereocenters. The fraction of sp³-hybridized carbons (Fsp3) is 0.286. The van der Waals surface area contributed by atoms with Gasteiger partial charge in [-0.25, -0.2) is 21.8 Å². The van der Waals surface area contributed by atoms with Gasteiger partial charge in [0, 0.05) is 34.9 Å². The maximum atomic E-state index is 12.6. The van der Waals surface area contributed by atoms with E-state index in [1.54, 1.807) is 12.4 Å². The molecule has 0 radical (unpaired) electrons. The van der Waals surface area contributed by atoms with Gasteiger partial charge in [-0.1, -0.05) is 18.2 Å². The van der Waals surface area contributed by atoms with Crippen molar-refractivity contribution in [1.29, 1.82) is 0 Å². The van der Waals surface area contributed by atoms with Crippen molar-refractivity contribution in [3.8, 4) is 11.1 Å². The van der Waals surface area contributed by atoms with E-state index >= 15 is 0 Å². The lowest BCUT2D eigenvalue weighted by Crippen LogP contribution is -2.25. The zero-order valence-corrected chi connectivity index (χ0v) is 18.9. The van der Waals surface area contributed by atoms with E-state index < -0.39 is 19.7 Å². The topological polar surface area (TPSA) is 137 Å². The first kappa shape index (κ1) is 20.8. The first-order valence-corrected chi connectivity index (χ1v) is 13.8. The first-order chi connectivity index (χ1) is 15.1. The molecule has 2 N–H and O–H groups in total. The van der Waals surface area contributed by atoms with Gasteiger partial charge in [-0.2, -0.15) is 9.61 Å². The van der Waals surface area contributed by atoms with Gasteiger partial charge < -0.3 is 5.73 Å². The molecule has 4 heterocycles. The first-order valence-electron chi connectivity index (χ1n) is 10.1. The van der Waals surface area contributed by atoms with Crippen LogP contribution in [0.5, 0.6) is 0 Å². The van der Waals surface area contributed by atoms with Crippen molar-refractivity contribution in [2.75, 3.05) is 23.5 Å². The smallest absolute Gasteiger partial charge is 0.180 e. The summed E-state index contributed by atoms with van der Waals surface area (Å²) in [6, 6.07) is 9.67. The number of nitrogen functional groups attached to an aromatic ring is 1. The second kappa shape index (κ2) is 7.24. The molecule has 5 rings (SSSR count). The van der Waals surface area contributed by atoms with Crippen LogP contribution in [0.4, 0.5) is 5.82 Å². The monoisotopic (exact) mass is 471 g/mol. The van der Waals surface area contributed by atoms with E-state index in [1.165, 1.54) is 4.52 Å².